The van der Waals surface area contributed by atoms with Crippen LogP contribution in [0.15, 0.2) is 84.9 Å². The predicted molar refractivity (Wildman–Crippen MR) is 128 cm³/mol. The quantitative estimate of drug-likeness (QED) is 0.274. The standard InChI is InChI=1S/C29H21N/c1-29(2)24-12-11-17-7-5-6-10-20(17)28(24)23-16-27-22(15-25(23)29)21-13-18-8-3-4-9-19(18)14-26(21)30-27/h3-16,30H,1-2H3. The van der Waals surface area contributed by atoms with Crippen molar-refractivity contribution in [2.45, 2.75) is 19.3 Å². The zero-order valence-corrected chi connectivity index (χ0v) is 17.1. The fraction of sp³-hybridized carbons (Fsp3) is 0.103. The molecule has 0 saturated carbocycles. The minimum Gasteiger partial charge on any atom is -0.354 e. The first-order chi connectivity index (χ1) is 14.6. The van der Waals surface area contributed by atoms with Crippen LogP contribution in [0.4, 0.5) is 0 Å². The SMILES string of the molecule is CC1(C)c2cc3c(cc2-c2c1ccc1ccccc21)[nH]c1cc2ccccc2cc13. The maximum Gasteiger partial charge on any atom is 0.0471 e. The molecule has 1 aliphatic rings. The molecule has 1 aromatic heterocycles. The van der Waals surface area contributed by atoms with Crippen molar-refractivity contribution in [2.24, 2.45) is 0 Å². The lowest BCUT2D eigenvalue weighted by atomic mass is 9.81. The van der Waals surface area contributed by atoms with E-state index < -0.39 is 0 Å². The molecular weight excluding hydrogens is 362 g/mol. The smallest absolute Gasteiger partial charge is 0.0471 e. The van der Waals surface area contributed by atoms with Gasteiger partial charge in [0.1, 0.15) is 0 Å². The van der Waals surface area contributed by atoms with Gasteiger partial charge in [0.15, 0.2) is 0 Å². The van der Waals surface area contributed by atoms with Crippen LogP contribution >= 0.6 is 0 Å². The zero-order valence-electron chi connectivity index (χ0n) is 17.1. The summed E-state index contributed by atoms with van der Waals surface area (Å²) in [5, 5.41) is 7.86. The molecule has 0 atom stereocenters. The molecule has 1 N–H and O–H groups in total. The molecule has 142 valence electrons. The second kappa shape index (κ2) is 5.31. The Morgan fingerprint density at radius 2 is 1.23 bits per heavy atom. The summed E-state index contributed by atoms with van der Waals surface area (Å²) in [5.74, 6) is 0. The van der Waals surface area contributed by atoms with Crippen LogP contribution in [0.1, 0.15) is 25.0 Å². The largest absolute Gasteiger partial charge is 0.354 e. The van der Waals surface area contributed by atoms with Gasteiger partial charge in [0.2, 0.25) is 0 Å². The highest BCUT2D eigenvalue weighted by Crippen LogP contribution is 2.52. The van der Waals surface area contributed by atoms with E-state index in [0.717, 1.165) is 0 Å². The van der Waals surface area contributed by atoms with Gasteiger partial charge in [0, 0.05) is 27.2 Å². The Hall–Kier alpha value is -3.58. The molecule has 0 spiro atoms. The zero-order chi connectivity index (χ0) is 20.0. The van der Waals surface area contributed by atoms with Gasteiger partial charge < -0.3 is 4.98 Å². The molecule has 1 heteroatoms. The minimum absolute atomic E-state index is 0.0106. The lowest BCUT2D eigenvalue weighted by Crippen LogP contribution is -2.14. The van der Waals surface area contributed by atoms with Crippen LogP contribution in [-0.2, 0) is 5.41 Å². The van der Waals surface area contributed by atoms with Gasteiger partial charge >= 0.3 is 0 Å². The maximum absolute atomic E-state index is 3.71. The molecule has 1 nitrogen and oxygen atoms in total. The molecule has 0 fully saturated rings. The Labute approximate surface area is 175 Å². The first-order valence-corrected chi connectivity index (χ1v) is 10.6. The van der Waals surface area contributed by atoms with Crippen LogP contribution in [0.5, 0.6) is 0 Å². The molecule has 6 aromatic rings. The van der Waals surface area contributed by atoms with Gasteiger partial charge in [-0.25, -0.2) is 0 Å². The van der Waals surface area contributed by atoms with E-state index in [-0.39, 0.29) is 5.41 Å². The van der Waals surface area contributed by atoms with Crippen molar-refractivity contribution in [1.82, 2.24) is 4.98 Å². The first-order valence-electron chi connectivity index (χ1n) is 10.6. The summed E-state index contributed by atoms with van der Waals surface area (Å²) >= 11 is 0. The average molecular weight is 383 g/mol. The molecule has 0 radical (unpaired) electrons. The molecule has 0 bridgehead atoms. The van der Waals surface area contributed by atoms with Crippen LogP contribution in [0, 0.1) is 0 Å². The van der Waals surface area contributed by atoms with E-state index in [4.69, 9.17) is 0 Å². The molecular formula is C29H21N. The summed E-state index contributed by atoms with van der Waals surface area (Å²) in [6.07, 6.45) is 0. The third-order valence-electron chi connectivity index (χ3n) is 7.15. The van der Waals surface area contributed by atoms with Crippen LogP contribution < -0.4 is 0 Å². The second-order valence-corrected chi connectivity index (χ2v) is 9.15. The highest BCUT2D eigenvalue weighted by atomic mass is 14.7. The fourth-order valence-electron chi connectivity index (χ4n) is 5.59. The molecule has 0 aliphatic heterocycles. The number of aromatic nitrogens is 1. The highest BCUT2D eigenvalue weighted by Gasteiger charge is 2.36. The maximum atomic E-state index is 3.71. The summed E-state index contributed by atoms with van der Waals surface area (Å²) in [6, 6.07) is 31.4. The summed E-state index contributed by atoms with van der Waals surface area (Å²) in [6.45, 7) is 4.73. The van der Waals surface area contributed by atoms with Gasteiger partial charge in [-0.1, -0.05) is 74.5 Å². The average Bonchev–Trinajstić information content (AvgIpc) is 3.22. The monoisotopic (exact) mass is 383 g/mol. The van der Waals surface area contributed by atoms with Crippen LogP contribution in [0.2, 0.25) is 0 Å². The summed E-state index contributed by atoms with van der Waals surface area (Å²) in [7, 11) is 0. The normalized spacial score (nSPS) is 14.6. The third-order valence-corrected chi connectivity index (χ3v) is 7.15. The van der Waals surface area contributed by atoms with Crippen molar-refractivity contribution in [3.8, 4) is 11.1 Å². The summed E-state index contributed by atoms with van der Waals surface area (Å²) in [5.41, 5.74) is 8.05. The number of hydrogen-bond donors (Lipinski definition) is 1. The Balaban J connectivity index is 1.62. The Morgan fingerprint density at radius 3 is 2.07 bits per heavy atom. The van der Waals surface area contributed by atoms with Crippen molar-refractivity contribution >= 4 is 43.4 Å². The van der Waals surface area contributed by atoms with Crippen molar-refractivity contribution in [3.63, 3.8) is 0 Å². The van der Waals surface area contributed by atoms with E-state index in [1.54, 1.807) is 0 Å². The lowest BCUT2D eigenvalue weighted by Gasteiger charge is -2.21. The topological polar surface area (TPSA) is 15.8 Å². The molecule has 0 amide bonds. The minimum atomic E-state index is -0.0106. The first kappa shape index (κ1) is 16.2. The highest BCUT2D eigenvalue weighted by molar-refractivity contribution is 6.14. The molecule has 0 unspecified atom stereocenters. The van der Waals surface area contributed by atoms with E-state index in [1.807, 2.05) is 0 Å². The van der Waals surface area contributed by atoms with E-state index in [2.05, 4.69) is 104 Å². The van der Waals surface area contributed by atoms with Gasteiger partial charge in [-0.15, -0.1) is 0 Å². The van der Waals surface area contributed by atoms with Crippen molar-refractivity contribution in [1.29, 1.82) is 0 Å². The third kappa shape index (κ3) is 1.92. The predicted octanol–water partition coefficient (Wildman–Crippen LogP) is 7.93. The van der Waals surface area contributed by atoms with Gasteiger partial charge in [-0.2, -0.15) is 0 Å². The summed E-state index contributed by atoms with van der Waals surface area (Å²) < 4.78 is 0. The molecule has 30 heavy (non-hydrogen) atoms. The molecule has 0 saturated heterocycles. The van der Waals surface area contributed by atoms with Gasteiger partial charge in [0.25, 0.3) is 0 Å². The van der Waals surface area contributed by atoms with Crippen molar-refractivity contribution in [3.05, 3.63) is 96.1 Å². The lowest BCUT2D eigenvalue weighted by molar-refractivity contribution is 0.661. The van der Waals surface area contributed by atoms with Gasteiger partial charge in [0.05, 0.1) is 0 Å². The van der Waals surface area contributed by atoms with Crippen LogP contribution in [0.25, 0.3) is 54.5 Å². The second-order valence-electron chi connectivity index (χ2n) is 9.15. The van der Waals surface area contributed by atoms with E-state index in [0.29, 0.717) is 0 Å². The van der Waals surface area contributed by atoms with Gasteiger partial charge in [-0.3, -0.25) is 0 Å². The van der Waals surface area contributed by atoms with Crippen molar-refractivity contribution < 1.29 is 0 Å². The number of H-pyrrole nitrogens is 1. The van der Waals surface area contributed by atoms with E-state index >= 15 is 0 Å². The fourth-order valence-corrected chi connectivity index (χ4v) is 5.59. The number of fused-ring (bicyclic) bond motifs is 9. The Bertz CT molecular complexity index is 1660. The van der Waals surface area contributed by atoms with Crippen LogP contribution in [-0.4, -0.2) is 4.98 Å². The van der Waals surface area contributed by atoms with Gasteiger partial charge in [-0.05, 0) is 68.1 Å². The summed E-state index contributed by atoms with van der Waals surface area (Å²) in [4.78, 5) is 3.71. The molecule has 5 aromatic carbocycles. The van der Waals surface area contributed by atoms with E-state index in [9.17, 15) is 0 Å². The number of rotatable bonds is 0. The molecule has 1 heterocycles. The Kier molecular flexibility index (Phi) is 2.88. The van der Waals surface area contributed by atoms with Crippen LogP contribution in [0.3, 0.4) is 0 Å². The number of aromatic amines is 1. The van der Waals surface area contributed by atoms with E-state index in [1.165, 1.54) is 65.6 Å². The Morgan fingerprint density at radius 1 is 0.567 bits per heavy atom. The van der Waals surface area contributed by atoms with Crippen molar-refractivity contribution in [2.75, 3.05) is 0 Å². The molecule has 7 rings (SSSR count). The molecule has 1 aliphatic carbocycles. The number of benzene rings is 5. The number of nitrogens with one attached hydrogen (secondary N) is 1. The number of hydrogen-bond acceptors (Lipinski definition) is 0.